The molecule has 0 spiro atoms. The number of aromatic nitrogens is 1. The summed E-state index contributed by atoms with van der Waals surface area (Å²) in [4.78, 5) is 15.2. The predicted octanol–water partition coefficient (Wildman–Crippen LogP) is 2.30. The van der Waals surface area contributed by atoms with Gasteiger partial charge in [-0.25, -0.2) is 18.2 Å². The molecule has 0 aliphatic carbocycles. The topological polar surface area (TPSA) is 89.3 Å². The van der Waals surface area contributed by atoms with Gasteiger partial charge in [-0.3, -0.25) is 4.72 Å². The van der Waals surface area contributed by atoms with Gasteiger partial charge < -0.3 is 4.42 Å². The minimum Gasteiger partial charge on any atom is -0.423 e. The third-order valence-electron chi connectivity index (χ3n) is 3.06. The lowest BCUT2D eigenvalue weighted by molar-refractivity contribution is 0.560. The van der Waals surface area contributed by atoms with Gasteiger partial charge in [-0.15, -0.1) is 0 Å². The Morgan fingerprint density at radius 1 is 1.09 bits per heavy atom. The number of pyridine rings is 1. The second-order valence-electron chi connectivity index (χ2n) is 4.78. The number of nitrogens with zero attached hydrogens (tertiary/aromatic N) is 1. The van der Waals surface area contributed by atoms with Gasteiger partial charge in [0.25, 0.3) is 10.0 Å². The predicted molar refractivity (Wildman–Crippen MR) is 82.3 cm³/mol. The minimum absolute atomic E-state index is 0.0668. The number of sulfonamides is 1. The summed E-state index contributed by atoms with van der Waals surface area (Å²) in [5.41, 5.74) is 0.748. The maximum absolute atomic E-state index is 12.4. The highest BCUT2D eigenvalue weighted by Crippen LogP contribution is 2.20. The summed E-state index contributed by atoms with van der Waals surface area (Å²) in [5, 5.41) is 0.527. The quantitative estimate of drug-likeness (QED) is 0.749. The third kappa shape index (κ3) is 2.84. The maximum Gasteiger partial charge on any atom is 0.336 e. The van der Waals surface area contributed by atoms with Crippen molar-refractivity contribution in [2.45, 2.75) is 11.8 Å². The van der Waals surface area contributed by atoms with Crippen LogP contribution in [0.1, 0.15) is 5.56 Å². The maximum atomic E-state index is 12.4. The lowest BCUT2D eigenvalue weighted by Crippen LogP contribution is -2.14. The van der Waals surface area contributed by atoms with Crippen molar-refractivity contribution >= 4 is 26.8 Å². The number of benzene rings is 1. The van der Waals surface area contributed by atoms with Crippen molar-refractivity contribution in [3.8, 4) is 0 Å². The van der Waals surface area contributed by atoms with E-state index in [0.29, 0.717) is 11.0 Å². The van der Waals surface area contributed by atoms with E-state index in [2.05, 4.69) is 9.71 Å². The molecule has 2 aromatic heterocycles. The molecule has 3 rings (SSSR count). The van der Waals surface area contributed by atoms with Crippen LogP contribution in [0.5, 0.6) is 0 Å². The first-order valence-electron chi connectivity index (χ1n) is 6.43. The van der Waals surface area contributed by atoms with E-state index in [1.807, 2.05) is 6.92 Å². The van der Waals surface area contributed by atoms with Crippen LogP contribution < -0.4 is 10.3 Å². The number of anilines is 1. The van der Waals surface area contributed by atoms with Crippen LogP contribution in [0, 0.1) is 6.92 Å². The van der Waals surface area contributed by atoms with Crippen LogP contribution in [0.2, 0.25) is 0 Å². The molecule has 0 radical (unpaired) electrons. The molecule has 0 aliphatic rings. The fraction of sp³-hybridized carbons (Fsp3) is 0.0667. The number of hydrogen-bond acceptors (Lipinski definition) is 5. The number of aryl methyl sites for hydroxylation is 1. The molecule has 0 fully saturated rings. The number of nitrogens with one attached hydrogen (secondary N) is 1. The molecule has 0 saturated carbocycles. The SMILES string of the molecule is Cc1ccnc(NS(=O)(=O)c2ccc3oc(=O)ccc3c2)c1. The number of rotatable bonds is 3. The molecule has 6 nitrogen and oxygen atoms in total. The zero-order valence-electron chi connectivity index (χ0n) is 11.6. The van der Waals surface area contributed by atoms with Crippen LogP contribution in [-0.4, -0.2) is 13.4 Å². The van der Waals surface area contributed by atoms with Gasteiger partial charge in [-0.1, -0.05) is 0 Å². The minimum atomic E-state index is -3.76. The summed E-state index contributed by atoms with van der Waals surface area (Å²) in [6, 6.07) is 10.4. The molecule has 0 bridgehead atoms. The highest BCUT2D eigenvalue weighted by atomic mass is 32.2. The Balaban J connectivity index is 2.01. The van der Waals surface area contributed by atoms with Crippen molar-refractivity contribution in [2.24, 2.45) is 0 Å². The van der Waals surface area contributed by atoms with E-state index in [1.54, 1.807) is 12.1 Å². The average Bonchev–Trinajstić information content (AvgIpc) is 2.46. The van der Waals surface area contributed by atoms with E-state index < -0.39 is 15.6 Å². The molecule has 1 aromatic carbocycles. The molecule has 0 unspecified atom stereocenters. The van der Waals surface area contributed by atoms with Crippen molar-refractivity contribution in [2.75, 3.05) is 4.72 Å². The monoisotopic (exact) mass is 316 g/mol. The molecule has 0 saturated heterocycles. The molecule has 112 valence electrons. The number of fused-ring (bicyclic) bond motifs is 1. The molecule has 2 heterocycles. The van der Waals surface area contributed by atoms with Gasteiger partial charge >= 0.3 is 5.63 Å². The summed E-state index contributed by atoms with van der Waals surface area (Å²) in [7, 11) is -3.76. The van der Waals surface area contributed by atoms with Crippen molar-refractivity contribution in [3.63, 3.8) is 0 Å². The Morgan fingerprint density at radius 2 is 1.91 bits per heavy atom. The fourth-order valence-corrected chi connectivity index (χ4v) is 3.04. The van der Waals surface area contributed by atoms with E-state index in [9.17, 15) is 13.2 Å². The van der Waals surface area contributed by atoms with Crippen LogP contribution in [0.4, 0.5) is 5.82 Å². The molecular weight excluding hydrogens is 304 g/mol. The van der Waals surface area contributed by atoms with Crippen molar-refractivity contribution in [1.82, 2.24) is 4.98 Å². The van der Waals surface area contributed by atoms with Crippen LogP contribution in [0.25, 0.3) is 11.0 Å². The van der Waals surface area contributed by atoms with Crippen LogP contribution in [0.3, 0.4) is 0 Å². The Hall–Kier alpha value is -2.67. The molecule has 0 amide bonds. The molecule has 1 N–H and O–H groups in total. The zero-order chi connectivity index (χ0) is 15.7. The first-order chi connectivity index (χ1) is 10.4. The van der Waals surface area contributed by atoms with Gasteiger partial charge in [0.1, 0.15) is 11.4 Å². The van der Waals surface area contributed by atoms with Crippen molar-refractivity contribution in [1.29, 1.82) is 0 Å². The summed E-state index contributed by atoms with van der Waals surface area (Å²) in [6.07, 6.45) is 1.53. The summed E-state index contributed by atoms with van der Waals surface area (Å²) in [6.45, 7) is 1.84. The fourth-order valence-electron chi connectivity index (χ4n) is 2.01. The number of hydrogen-bond donors (Lipinski definition) is 1. The van der Waals surface area contributed by atoms with E-state index in [1.165, 1.54) is 36.5 Å². The highest BCUT2D eigenvalue weighted by Gasteiger charge is 2.15. The van der Waals surface area contributed by atoms with Crippen molar-refractivity contribution in [3.05, 3.63) is 64.6 Å². The molecular formula is C15H12N2O4S. The summed E-state index contributed by atoms with van der Waals surface area (Å²) in [5.74, 6) is 0.250. The second kappa shape index (κ2) is 5.27. The highest BCUT2D eigenvalue weighted by molar-refractivity contribution is 7.92. The Kier molecular flexibility index (Phi) is 3.42. The Bertz CT molecular complexity index is 1010. The molecule has 0 aliphatic heterocycles. The molecule has 0 atom stereocenters. The van der Waals surface area contributed by atoms with Gasteiger partial charge in [0.15, 0.2) is 0 Å². The van der Waals surface area contributed by atoms with Gasteiger partial charge in [0.2, 0.25) is 0 Å². The van der Waals surface area contributed by atoms with Gasteiger partial charge in [0, 0.05) is 17.6 Å². The third-order valence-corrected chi connectivity index (χ3v) is 4.41. The standard InChI is InChI=1S/C15H12N2O4S/c1-10-6-7-16-14(8-10)17-22(19,20)12-3-4-13-11(9-12)2-5-15(18)21-13/h2-9H,1H3,(H,16,17). The van der Waals surface area contributed by atoms with Crippen LogP contribution in [-0.2, 0) is 10.0 Å². The average molecular weight is 316 g/mol. The normalized spacial score (nSPS) is 11.5. The first-order valence-corrected chi connectivity index (χ1v) is 7.92. The Morgan fingerprint density at radius 3 is 2.68 bits per heavy atom. The van der Waals surface area contributed by atoms with E-state index in [-0.39, 0.29) is 10.7 Å². The van der Waals surface area contributed by atoms with Gasteiger partial charge in [-0.05, 0) is 48.9 Å². The largest absolute Gasteiger partial charge is 0.423 e. The first kappa shape index (κ1) is 14.3. The van der Waals surface area contributed by atoms with E-state index in [0.717, 1.165) is 5.56 Å². The molecule has 3 aromatic rings. The Labute approximate surface area is 126 Å². The lowest BCUT2D eigenvalue weighted by atomic mass is 10.2. The van der Waals surface area contributed by atoms with Gasteiger partial charge in [-0.2, -0.15) is 0 Å². The van der Waals surface area contributed by atoms with Gasteiger partial charge in [0.05, 0.1) is 4.90 Å². The summed E-state index contributed by atoms with van der Waals surface area (Å²) >= 11 is 0. The zero-order valence-corrected chi connectivity index (χ0v) is 12.4. The molecule has 7 heteroatoms. The van der Waals surface area contributed by atoms with E-state index >= 15 is 0 Å². The van der Waals surface area contributed by atoms with Crippen molar-refractivity contribution < 1.29 is 12.8 Å². The smallest absolute Gasteiger partial charge is 0.336 e. The van der Waals surface area contributed by atoms with Crippen LogP contribution >= 0.6 is 0 Å². The van der Waals surface area contributed by atoms with Crippen LogP contribution in [0.15, 0.2) is 62.8 Å². The summed E-state index contributed by atoms with van der Waals surface area (Å²) < 4.78 is 32.2. The molecule has 22 heavy (non-hydrogen) atoms. The second-order valence-corrected chi connectivity index (χ2v) is 6.46. The van der Waals surface area contributed by atoms with E-state index in [4.69, 9.17) is 4.42 Å². The lowest BCUT2D eigenvalue weighted by Gasteiger charge is -2.08.